The van der Waals surface area contributed by atoms with Gasteiger partial charge in [0.15, 0.2) is 5.78 Å². The molecule has 0 bridgehead atoms. The second-order valence-electron chi connectivity index (χ2n) is 1.72. The van der Waals surface area contributed by atoms with Gasteiger partial charge in [-0.1, -0.05) is 12.1 Å². The Labute approximate surface area is 59.0 Å². The standard InChI is InChI=1S/C5H10N4O/c1-2-5(10)3-9(4-6)8-7/h4,6-7H,2-3H2,1H3. The first kappa shape index (κ1) is 8.74. The maximum atomic E-state index is 10.7. The van der Waals surface area contributed by atoms with Crippen LogP contribution in [0.2, 0.25) is 0 Å². The minimum absolute atomic E-state index is 0.0282. The van der Waals surface area contributed by atoms with E-state index in [1.807, 2.05) is 0 Å². The predicted octanol–water partition coefficient (Wildman–Crippen LogP) is 0.821. The van der Waals surface area contributed by atoms with E-state index in [0.29, 0.717) is 6.42 Å². The van der Waals surface area contributed by atoms with Crippen molar-refractivity contribution < 1.29 is 4.79 Å². The number of hydrogen-bond donors (Lipinski definition) is 2. The van der Waals surface area contributed by atoms with Crippen LogP contribution in [0.3, 0.4) is 0 Å². The summed E-state index contributed by atoms with van der Waals surface area (Å²) in [6, 6.07) is 0. The molecule has 0 fully saturated rings. The summed E-state index contributed by atoms with van der Waals surface area (Å²) in [5.41, 5.74) is 6.48. The van der Waals surface area contributed by atoms with Crippen molar-refractivity contribution in [2.45, 2.75) is 13.3 Å². The third-order valence-corrected chi connectivity index (χ3v) is 1.01. The highest BCUT2D eigenvalue weighted by Gasteiger charge is 2.02. The quantitative estimate of drug-likeness (QED) is 0.258. The average molecular weight is 142 g/mol. The third kappa shape index (κ3) is 2.91. The number of Topliss-reactive ketones (excluding diaryl/α,β-unsaturated/α-hetero) is 1. The Bertz CT molecular complexity index is 137. The molecule has 0 rings (SSSR count). The Balaban J connectivity index is 3.73. The van der Waals surface area contributed by atoms with Gasteiger partial charge in [-0.3, -0.25) is 10.2 Å². The van der Waals surface area contributed by atoms with E-state index >= 15 is 0 Å². The maximum absolute atomic E-state index is 10.7. The van der Waals surface area contributed by atoms with Gasteiger partial charge in [0.05, 0.1) is 0 Å². The van der Waals surface area contributed by atoms with E-state index in [1.54, 1.807) is 6.92 Å². The number of carbonyl (C=O) groups excluding carboxylic acids is 1. The normalized spacial score (nSPS) is 8.50. The lowest BCUT2D eigenvalue weighted by atomic mass is 10.3. The van der Waals surface area contributed by atoms with Gasteiger partial charge in [0.1, 0.15) is 12.9 Å². The Kier molecular flexibility index (Phi) is 4.02. The van der Waals surface area contributed by atoms with E-state index in [4.69, 9.17) is 10.9 Å². The molecule has 0 spiro atoms. The lowest BCUT2D eigenvalue weighted by Crippen LogP contribution is -2.22. The Hall–Kier alpha value is -1.26. The smallest absolute Gasteiger partial charge is 0.154 e. The zero-order valence-corrected chi connectivity index (χ0v) is 5.79. The molecule has 0 aromatic heterocycles. The van der Waals surface area contributed by atoms with Crippen molar-refractivity contribution in [2.24, 2.45) is 5.22 Å². The molecule has 0 unspecified atom stereocenters. The van der Waals surface area contributed by atoms with Crippen LogP contribution in [0.15, 0.2) is 5.22 Å². The third-order valence-electron chi connectivity index (χ3n) is 1.01. The molecule has 0 aromatic rings. The van der Waals surface area contributed by atoms with Crippen LogP contribution in [0.4, 0.5) is 0 Å². The van der Waals surface area contributed by atoms with Crippen molar-refractivity contribution in [3.8, 4) is 0 Å². The molecular formula is C5H10N4O. The summed E-state index contributed by atoms with van der Waals surface area (Å²) in [6.07, 6.45) is 1.26. The second kappa shape index (κ2) is 4.60. The van der Waals surface area contributed by atoms with Crippen LogP contribution >= 0.6 is 0 Å². The van der Waals surface area contributed by atoms with Gasteiger partial charge >= 0.3 is 0 Å². The van der Waals surface area contributed by atoms with Crippen LogP contribution in [0.25, 0.3) is 0 Å². The molecular weight excluding hydrogens is 132 g/mol. The molecule has 0 saturated carbocycles. The van der Waals surface area contributed by atoms with Gasteiger partial charge in [-0.25, -0.2) is 5.01 Å². The van der Waals surface area contributed by atoms with Gasteiger partial charge in [-0.15, -0.1) is 0 Å². The van der Waals surface area contributed by atoms with Gasteiger partial charge < -0.3 is 0 Å². The second-order valence-corrected chi connectivity index (χ2v) is 1.72. The fourth-order valence-corrected chi connectivity index (χ4v) is 0.402. The van der Waals surface area contributed by atoms with Crippen LogP contribution in [0.1, 0.15) is 13.3 Å². The van der Waals surface area contributed by atoms with Crippen LogP contribution in [0.5, 0.6) is 0 Å². The highest BCUT2D eigenvalue weighted by molar-refractivity contribution is 5.81. The Morgan fingerprint density at radius 1 is 1.80 bits per heavy atom. The Morgan fingerprint density at radius 2 is 2.40 bits per heavy atom. The lowest BCUT2D eigenvalue weighted by Gasteiger charge is -2.06. The number of nitrogens with one attached hydrogen (secondary N) is 2. The van der Waals surface area contributed by atoms with Crippen molar-refractivity contribution in [2.75, 3.05) is 6.54 Å². The van der Waals surface area contributed by atoms with Gasteiger partial charge in [-0.2, -0.15) is 5.53 Å². The SMILES string of the molecule is CCC(=O)CN(C=N)N=N. The lowest BCUT2D eigenvalue weighted by molar-refractivity contribution is -0.119. The van der Waals surface area contributed by atoms with E-state index in [1.165, 1.54) is 0 Å². The number of nitrogens with zero attached hydrogens (tertiary/aromatic N) is 2. The average Bonchev–Trinajstić information content (AvgIpc) is 1.99. The van der Waals surface area contributed by atoms with Gasteiger partial charge in [-0.05, 0) is 0 Å². The van der Waals surface area contributed by atoms with E-state index in [0.717, 1.165) is 11.3 Å². The number of hydrogen-bond acceptors (Lipinski definition) is 4. The molecule has 56 valence electrons. The molecule has 0 saturated heterocycles. The molecule has 0 aliphatic carbocycles. The van der Waals surface area contributed by atoms with Crippen LogP contribution in [0, 0.1) is 10.9 Å². The molecule has 5 nitrogen and oxygen atoms in total. The molecule has 10 heavy (non-hydrogen) atoms. The fourth-order valence-electron chi connectivity index (χ4n) is 0.402. The molecule has 0 atom stereocenters. The van der Waals surface area contributed by atoms with Gasteiger partial charge in [0.25, 0.3) is 0 Å². The zero-order valence-electron chi connectivity index (χ0n) is 5.79. The Morgan fingerprint density at radius 3 is 2.70 bits per heavy atom. The monoisotopic (exact) mass is 142 g/mol. The van der Waals surface area contributed by atoms with Crippen LogP contribution < -0.4 is 0 Å². The van der Waals surface area contributed by atoms with E-state index in [-0.39, 0.29) is 12.3 Å². The summed E-state index contributed by atoms with van der Waals surface area (Å²) < 4.78 is 0. The van der Waals surface area contributed by atoms with E-state index < -0.39 is 0 Å². The highest BCUT2D eigenvalue weighted by Crippen LogP contribution is 1.87. The minimum Gasteiger partial charge on any atom is -0.298 e. The first-order chi connectivity index (χ1) is 4.74. The highest BCUT2D eigenvalue weighted by atomic mass is 16.1. The number of ketones is 1. The minimum atomic E-state index is -0.0282. The molecule has 0 radical (unpaired) electrons. The van der Waals surface area contributed by atoms with Crippen molar-refractivity contribution in [3.63, 3.8) is 0 Å². The van der Waals surface area contributed by atoms with Crippen LogP contribution in [-0.4, -0.2) is 23.7 Å². The van der Waals surface area contributed by atoms with Crippen molar-refractivity contribution in [3.05, 3.63) is 0 Å². The van der Waals surface area contributed by atoms with Crippen LogP contribution in [-0.2, 0) is 4.79 Å². The molecule has 5 heteroatoms. The molecule has 0 amide bonds. The molecule has 0 aliphatic rings. The summed E-state index contributed by atoms with van der Waals surface area (Å²) in [5, 5.41) is 10.5. The molecule has 2 N–H and O–H groups in total. The van der Waals surface area contributed by atoms with Gasteiger partial charge in [0, 0.05) is 6.42 Å². The zero-order chi connectivity index (χ0) is 7.98. The van der Waals surface area contributed by atoms with Gasteiger partial charge in [0.2, 0.25) is 0 Å². The predicted molar refractivity (Wildman–Crippen MR) is 35.9 cm³/mol. The van der Waals surface area contributed by atoms with E-state index in [2.05, 4.69) is 5.22 Å². The van der Waals surface area contributed by atoms with Crippen molar-refractivity contribution in [1.82, 2.24) is 5.01 Å². The number of carbonyl (C=O) groups is 1. The molecule has 0 aliphatic heterocycles. The molecule has 0 aromatic carbocycles. The van der Waals surface area contributed by atoms with Crippen molar-refractivity contribution in [1.29, 1.82) is 10.9 Å². The summed E-state index contributed by atoms with van der Waals surface area (Å²) in [6.45, 7) is 1.76. The fraction of sp³-hybridized carbons (Fsp3) is 0.600. The topological polar surface area (TPSA) is 80.4 Å². The first-order valence-electron chi connectivity index (χ1n) is 2.91. The molecule has 0 heterocycles. The summed E-state index contributed by atoms with van der Waals surface area (Å²) >= 11 is 0. The van der Waals surface area contributed by atoms with E-state index in [9.17, 15) is 4.79 Å². The maximum Gasteiger partial charge on any atom is 0.154 e. The largest absolute Gasteiger partial charge is 0.298 e. The summed E-state index contributed by atoms with van der Waals surface area (Å²) in [7, 11) is 0. The first-order valence-corrected chi connectivity index (χ1v) is 2.91. The summed E-state index contributed by atoms with van der Waals surface area (Å²) in [5.74, 6) is -0.0282. The number of rotatable bonds is 5. The van der Waals surface area contributed by atoms with Crippen molar-refractivity contribution >= 4 is 12.1 Å². The summed E-state index contributed by atoms with van der Waals surface area (Å²) in [4.78, 5) is 10.7.